The average molecular weight is 306 g/mol. The Labute approximate surface area is 123 Å². The predicted octanol–water partition coefficient (Wildman–Crippen LogP) is 1.47. The molecule has 0 aromatic carbocycles. The van der Waals surface area contributed by atoms with Gasteiger partial charge in [0.05, 0.1) is 4.75 Å². The zero-order valence-corrected chi connectivity index (χ0v) is 14.1. The number of nitrogens with two attached hydrogens (primary N) is 1. The fourth-order valence-corrected chi connectivity index (χ4v) is 2.28. The van der Waals surface area contributed by atoms with Gasteiger partial charge in [-0.25, -0.2) is 8.42 Å². The van der Waals surface area contributed by atoms with Crippen LogP contribution in [0.25, 0.3) is 0 Å². The third-order valence-electron chi connectivity index (χ3n) is 3.77. The van der Waals surface area contributed by atoms with Gasteiger partial charge in [0.15, 0.2) is 9.84 Å². The first-order chi connectivity index (χ1) is 9.14. The summed E-state index contributed by atoms with van der Waals surface area (Å²) in [5, 5.41) is 2.72. The molecule has 0 aliphatic rings. The molecule has 1 unspecified atom stereocenters. The molecule has 0 fully saturated rings. The van der Waals surface area contributed by atoms with Crippen LogP contribution in [0.1, 0.15) is 52.9 Å². The lowest BCUT2D eigenvalue weighted by atomic mass is 9.94. The van der Waals surface area contributed by atoms with E-state index in [1.165, 1.54) is 6.26 Å². The number of carbonyl (C=O) groups is 1. The maximum Gasteiger partial charge on any atom is 0.220 e. The number of carbonyl (C=O) groups excluding carboxylic acids is 1. The maximum absolute atomic E-state index is 11.8. The zero-order valence-electron chi connectivity index (χ0n) is 13.2. The highest BCUT2D eigenvalue weighted by molar-refractivity contribution is 7.92. The Hall–Kier alpha value is -0.620. The Bertz CT molecular complexity index is 385. The van der Waals surface area contributed by atoms with E-state index in [9.17, 15) is 13.2 Å². The molecule has 0 radical (unpaired) electrons. The van der Waals surface area contributed by atoms with Gasteiger partial charge in [0.25, 0.3) is 0 Å². The summed E-state index contributed by atoms with van der Waals surface area (Å²) >= 11 is 0. The van der Waals surface area contributed by atoms with Crippen molar-refractivity contribution in [3.8, 4) is 0 Å². The predicted molar refractivity (Wildman–Crippen MR) is 83.2 cm³/mol. The van der Waals surface area contributed by atoms with Crippen LogP contribution in [-0.4, -0.2) is 38.4 Å². The van der Waals surface area contributed by atoms with Gasteiger partial charge in [-0.15, -0.1) is 0 Å². The van der Waals surface area contributed by atoms with E-state index < -0.39 is 14.6 Å². The first-order valence-corrected chi connectivity index (χ1v) is 9.19. The van der Waals surface area contributed by atoms with Crippen LogP contribution in [0.4, 0.5) is 0 Å². The highest BCUT2D eigenvalue weighted by atomic mass is 32.2. The normalized spacial score (nSPS) is 14.1. The smallest absolute Gasteiger partial charge is 0.220 e. The molecule has 0 rings (SSSR count). The average Bonchev–Trinajstić information content (AvgIpc) is 2.32. The molecule has 0 saturated heterocycles. The van der Waals surface area contributed by atoms with Crippen LogP contribution in [0.15, 0.2) is 0 Å². The van der Waals surface area contributed by atoms with Crippen LogP contribution < -0.4 is 11.1 Å². The SMILES string of the molecule is CCCC(CCN)CCC(=O)NCC(C)(C)S(C)(=O)=O. The van der Waals surface area contributed by atoms with E-state index in [1.54, 1.807) is 13.8 Å². The second-order valence-corrected chi connectivity index (χ2v) is 8.73. The molecular weight excluding hydrogens is 276 g/mol. The Morgan fingerprint density at radius 1 is 1.25 bits per heavy atom. The van der Waals surface area contributed by atoms with Crippen molar-refractivity contribution >= 4 is 15.7 Å². The highest BCUT2D eigenvalue weighted by Crippen LogP contribution is 2.17. The topological polar surface area (TPSA) is 89.3 Å². The molecule has 0 aromatic rings. The molecule has 0 spiro atoms. The summed E-state index contributed by atoms with van der Waals surface area (Å²) in [6, 6.07) is 0. The lowest BCUT2D eigenvalue weighted by molar-refractivity contribution is -0.121. The summed E-state index contributed by atoms with van der Waals surface area (Å²) in [5.74, 6) is 0.401. The molecule has 0 aliphatic heterocycles. The minimum absolute atomic E-state index is 0.0835. The molecule has 20 heavy (non-hydrogen) atoms. The molecule has 6 heteroatoms. The van der Waals surface area contributed by atoms with Crippen molar-refractivity contribution < 1.29 is 13.2 Å². The van der Waals surface area contributed by atoms with Gasteiger partial charge < -0.3 is 11.1 Å². The summed E-state index contributed by atoms with van der Waals surface area (Å²) in [7, 11) is -3.18. The van der Waals surface area contributed by atoms with Crippen molar-refractivity contribution in [2.24, 2.45) is 11.7 Å². The van der Waals surface area contributed by atoms with Gasteiger partial charge in [0.2, 0.25) is 5.91 Å². The Morgan fingerprint density at radius 3 is 2.30 bits per heavy atom. The summed E-state index contributed by atoms with van der Waals surface area (Å²) in [6.45, 7) is 6.17. The number of hydrogen-bond acceptors (Lipinski definition) is 4. The Balaban J connectivity index is 4.18. The van der Waals surface area contributed by atoms with Crippen molar-refractivity contribution in [1.29, 1.82) is 0 Å². The molecule has 5 nitrogen and oxygen atoms in total. The van der Waals surface area contributed by atoms with Crippen molar-refractivity contribution in [1.82, 2.24) is 5.32 Å². The minimum atomic E-state index is -3.18. The van der Waals surface area contributed by atoms with Crippen LogP contribution in [0.3, 0.4) is 0 Å². The summed E-state index contributed by atoms with van der Waals surface area (Å²) in [5.41, 5.74) is 5.56. The number of rotatable bonds is 10. The number of nitrogens with one attached hydrogen (secondary N) is 1. The summed E-state index contributed by atoms with van der Waals surface area (Å²) < 4.78 is 22.1. The fourth-order valence-electron chi connectivity index (χ4n) is 1.94. The molecule has 0 saturated carbocycles. The van der Waals surface area contributed by atoms with Gasteiger partial charge in [0.1, 0.15) is 0 Å². The molecule has 0 heterocycles. The maximum atomic E-state index is 11.8. The number of hydrogen-bond donors (Lipinski definition) is 2. The molecule has 120 valence electrons. The monoisotopic (exact) mass is 306 g/mol. The molecular formula is C14H30N2O3S. The van der Waals surface area contributed by atoms with Crippen molar-refractivity contribution in [2.75, 3.05) is 19.3 Å². The number of amides is 1. The van der Waals surface area contributed by atoms with E-state index in [0.717, 1.165) is 25.7 Å². The Morgan fingerprint density at radius 2 is 1.85 bits per heavy atom. The summed E-state index contributed by atoms with van der Waals surface area (Å²) in [6.07, 6.45) is 5.56. The van der Waals surface area contributed by atoms with E-state index in [4.69, 9.17) is 5.73 Å². The quantitative estimate of drug-likeness (QED) is 0.639. The first-order valence-electron chi connectivity index (χ1n) is 7.30. The van der Waals surface area contributed by atoms with Gasteiger partial charge >= 0.3 is 0 Å². The molecule has 3 N–H and O–H groups in total. The molecule has 1 amide bonds. The second kappa shape index (κ2) is 8.62. The van der Waals surface area contributed by atoms with Gasteiger partial charge in [-0.05, 0) is 39.2 Å². The van der Waals surface area contributed by atoms with Crippen LogP contribution in [0.5, 0.6) is 0 Å². The van der Waals surface area contributed by atoms with Gasteiger partial charge in [0, 0.05) is 19.2 Å². The lowest BCUT2D eigenvalue weighted by Gasteiger charge is -2.23. The molecule has 1 atom stereocenters. The largest absolute Gasteiger partial charge is 0.355 e. The van der Waals surface area contributed by atoms with Gasteiger partial charge in [-0.1, -0.05) is 19.8 Å². The third-order valence-corrected chi connectivity index (χ3v) is 5.92. The van der Waals surface area contributed by atoms with Gasteiger partial charge in [-0.2, -0.15) is 0 Å². The van der Waals surface area contributed by atoms with E-state index >= 15 is 0 Å². The third kappa shape index (κ3) is 7.24. The fraction of sp³-hybridized carbons (Fsp3) is 0.929. The van der Waals surface area contributed by atoms with Crippen LogP contribution >= 0.6 is 0 Å². The van der Waals surface area contributed by atoms with E-state index in [-0.39, 0.29) is 12.5 Å². The van der Waals surface area contributed by atoms with Crippen molar-refractivity contribution in [3.63, 3.8) is 0 Å². The first kappa shape index (κ1) is 19.4. The summed E-state index contributed by atoms with van der Waals surface area (Å²) in [4.78, 5) is 11.8. The number of sulfone groups is 1. The molecule has 0 aliphatic carbocycles. The molecule has 0 aromatic heterocycles. The Kier molecular flexibility index (Phi) is 8.35. The van der Waals surface area contributed by atoms with E-state index in [2.05, 4.69) is 12.2 Å². The minimum Gasteiger partial charge on any atom is -0.355 e. The standard InChI is InChI=1S/C14H30N2O3S/c1-5-6-12(9-10-15)7-8-13(17)16-11-14(2,3)20(4,18)19/h12H,5-11,15H2,1-4H3,(H,16,17). The van der Waals surface area contributed by atoms with E-state index in [0.29, 0.717) is 18.9 Å². The van der Waals surface area contributed by atoms with Crippen LogP contribution in [0.2, 0.25) is 0 Å². The van der Waals surface area contributed by atoms with Gasteiger partial charge in [-0.3, -0.25) is 4.79 Å². The highest BCUT2D eigenvalue weighted by Gasteiger charge is 2.30. The van der Waals surface area contributed by atoms with Crippen LogP contribution in [0, 0.1) is 5.92 Å². The zero-order chi connectivity index (χ0) is 15.8. The lowest BCUT2D eigenvalue weighted by Crippen LogP contribution is -2.43. The van der Waals surface area contributed by atoms with Crippen molar-refractivity contribution in [3.05, 3.63) is 0 Å². The van der Waals surface area contributed by atoms with Crippen molar-refractivity contribution in [2.45, 2.75) is 57.6 Å². The molecule has 0 bridgehead atoms. The van der Waals surface area contributed by atoms with E-state index in [1.807, 2.05) is 0 Å². The second-order valence-electron chi connectivity index (χ2n) is 6.08. The van der Waals surface area contributed by atoms with Crippen LogP contribution in [-0.2, 0) is 14.6 Å².